The van der Waals surface area contributed by atoms with Crippen molar-refractivity contribution in [1.29, 1.82) is 0 Å². The standard InChI is InChI=1S/C15H13ClIN3S/c16-13-8-4-7-12(14(13)17)9-19-20-15(18)21-10-11-5-2-1-3-6-11/h1-9H,10H2,(H2,18,20). The number of hydrogen-bond acceptors (Lipinski definition) is 3. The van der Waals surface area contributed by atoms with Crippen LogP contribution in [0.2, 0.25) is 5.02 Å². The van der Waals surface area contributed by atoms with Gasteiger partial charge in [0.15, 0.2) is 5.17 Å². The normalized spacial score (nSPS) is 12.0. The third-order valence-corrected chi connectivity index (χ3v) is 5.26. The minimum Gasteiger partial charge on any atom is -0.377 e. The van der Waals surface area contributed by atoms with Gasteiger partial charge < -0.3 is 5.73 Å². The van der Waals surface area contributed by atoms with Crippen molar-refractivity contribution in [3.05, 3.63) is 68.3 Å². The Hall–Kier alpha value is -1.05. The highest BCUT2D eigenvalue weighted by molar-refractivity contribution is 14.1. The molecule has 3 nitrogen and oxygen atoms in total. The molecule has 2 aromatic rings. The van der Waals surface area contributed by atoms with Crippen molar-refractivity contribution in [2.24, 2.45) is 15.9 Å². The molecule has 0 amide bonds. The third kappa shape index (κ3) is 5.33. The van der Waals surface area contributed by atoms with Crippen molar-refractivity contribution >= 4 is 57.3 Å². The summed E-state index contributed by atoms with van der Waals surface area (Å²) in [6.45, 7) is 0. The average Bonchev–Trinajstić information content (AvgIpc) is 2.50. The van der Waals surface area contributed by atoms with Crippen molar-refractivity contribution in [1.82, 2.24) is 0 Å². The molecular formula is C15H13ClIN3S. The average molecular weight is 430 g/mol. The van der Waals surface area contributed by atoms with Crippen LogP contribution in [0.5, 0.6) is 0 Å². The number of nitrogens with two attached hydrogens (primary N) is 1. The Morgan fingerprint density at radius 3 is 2.71 bits per heavy atom. The van der Waals surface area contributed by atoms with Crippen LogP contribution in [0.3, 0.4) is 0 Å². The number of amidine groups is 1. The Labute approximate surface area is 146 Å². The monoisotopic (exact) mass is 429 g/mol. The van der Waals surface area contributed by atoms with Gasteiger partial charge in [0.25, 0.3) is 0 Å². The number of hydrogen-bond donors (Lipinski definition) is 1. The van der Waals surface area contributed by atoms with Gasteiger partial charge in [0.2, 0.25) is 0 Å². The van der Waals surface area contributed by atoms with E-state index in [1.54, 1.807) is 6.21 Å². The molecule has 21 heavy (non-hydrogen) atoms. The lowest BCUT2D eigenvalue weighted by molar-refractivity contribution is 1.25. The van der Waals surface area contributed by atoms with Crippen molar-refractivity contribution in [2.45, 2.75) is 5.75 Å². The summed E-state index contributed by atoms with van der Waals surface area (Å²) in [6, 6.07) is 15.8. The lowest BCUT2D eigenvalue weighted by Gasteiger charge is -2.00. The minimum absolute atomic E-state index is 0.437. The fourth-order valence-corrected chi connectivity index (χ4v) is 2.82. The molecule has 108 valence electrons. The number of rotatable bonds is 4. The zero-order chi connectivity index (χ0) is 15.1. The molecule has 2 N–H and O–H groups in total. The van der Waals surface area contributed by atoms with Crippen molar-refractivity contribution in [3.8, 4) is 0 Å². The van der Waals surface area contributed by atoms with Crippen LogP contribution in [0.1, 0.15) is 11.1 Å². The van der Waals surface area contributed by atoms with E-state index in [4.69, 9.17) is 17.3 Å². The lowest BCUT2D eigenvalue weighted by Crippen LogP contribution is -2.06. The summed E-state index contributed by atoms with van der Waals surface area (Å²) in [6.07, 6.45) is 1.66. The first-order valence-corrected chi connectivity index (χ1v) is 8.58. The summed E-state index contributed by atoms with van der Waals surface area (Å²) < 4.78 is 0.950. The van der Waals surface area contributed by atoms with E-state index in [0.717, 1.165) is 14.9 Å². The van der Waals surface area contributed by atoms with E-state index in [1.165, 1.54) is 17.3 Å². The van der Waals surface area contributed by atoms with Gasteiger partial charge in [0.1, 0.15) is 0 Å². The summed E-state index contributed by atoms with van der Waals surface area (Å²) in [5.74, 6) is 0.778. The van der Waals surface area contributed by atoms with Crippen LogP contribution in [0.15, 0.2) is 58.7 Å². The van der Waals surface area contributed by atoms with Gasteiger partial charge in [-0.3, -0.25) is 0 Å². The van der Waals surface area contributed by atoms with Crippen LogP contribution in [-0.4, -0.2) is 11.4 Å². The van der Waals surface area contributed by atoms with Crippen LogP contribution in [0.25, 0.3) is 0 Å². The van der Waals surface area contributed by atoms with Gasteiger partial charge in [0.05, 0.1) is 11.2 Å². The maximum absolute atomic E-state index is 6.04. The Balaban J connectivity index is 1.94. The maximum Gasteiger partial charge on any atom is 0.180 e. The molecular weight excluding hydrogens is 417 g/mol. The Bertz CT molecular complexity index is 659. The van der Waals surface area contributed by atoms with Gasteiger partial charge >= 0.3 is 0 Å². The highest BCUT2D eigenvalue weighted by Crippen LogP contribution is 2.20. The van der Waals surface area contributed by atoms with E-state index >= 15 is 0 Å². The molecule has 0 heterocycles. The zero-order valence-corrected chi connectivity index (χ0v) is 14.8. The molecule has 0 saturated heterocycles. The molecule has 2 rings (SSSR count). The number of benzene rings is 2. The SMILES string of the molecule is NC(=NN=Cc1cccc(Cl)c1I)SCc1ccccc1. The van der Waals surface area contributed by atoms with Crippen molar-refractivity contribution in [3.63, 3.8) is 0 Å². The summed E-state index contributed by atoms with van der Waals surface area (Å²) in [5, 5.41) is 9.14. The predicted molar refractivity (Wildman–Crippen MR) is 101 cm³/mol. The molecule has 0 spiro atoms. The van der Waals surface area contributed by atoms with Crippen LogP contribution in [-0.2, 0) is 5.75 Å². The second-order valence-electron chi connectivity index (χ2n) is 4.10. The van der Waals surface area contributed by atoms with Crippen LogP contribution >= 0.6 is 46.0 Å². The fourth-order valence-electron chi connectivity index (χ4n) is 1.53. The highest BCUT2D eigenvalue weighted by atomic mass is 127. The molecule has 0 atom stereocenters. The van der Waals surface area contributed by atoms with Crippen LogP contribution in [0, 0.1) is 3.57 Å². The van der Waals surface area contributed by atoms with Gasteiger partial charge in [-0.2, -0.15) is 5.10 Å². The molecule has 0 unspecified atom stereocenters. The van der Waals surface area contributed by atoms with Crippen molar-refractivity contribution in [2.75, 3.05) is 0 Å². The lowest BCUT2D eigenvalue weighted by atomic mass is 10.2. The number of nitrogens with zero attached hydrogens (tertiary/aromatic N) is 2. The van der Waals surface area contributed by atoms with E-state index in [1.807, 2.05) is 36.4 Å². The smallest absolute Gasteiger partial charge is 0.180 e. The van der Waals surface area contributed by atoms with Crippen molar-refractivity contribution < 1.29 is 0 Å². The van der Waals surface area contributed by atoms with E-state index in [0.29, 0.717) is 10.2 Å². The highest BCUT2D eigenvalue weighted by Gasteiger charge is 2.00. The zero-order valence-electron chi connectivity index (χ0n) is 11.0. The Morgan fingerprint density at radius 1 is 1.19 bits per heavy atom. The molecule has 0 aromatic heterocycles. The van der Waals surface area contributed by atoms with Crippen LogP contribution < -0.4 is 5.73 Å². The molecule has 0 saturated carbocycles. The second kappa shape index (κ2) is 8.41. The van der Waals surface area contributed by atoms with E-state index < -0.39 is 0 Å². The Kier molecular flexibility index (Phi) is 6.53. The van der Waals surface area contributed by atoms with Gasteiger partial charge in [-0.15, -0.1) is 5.10 Å². The number of thioether (sulfide) groups is 1. The summed E-state index contributed by atoms with van der Waals surface area (Å²) >= 11 is 9.68. The summed E-state index contributed by atoms with van der Waals surface area (Å²) in [7, 11) is 0. The molecule has 0 fully saturated rings. The number of halogens is 2. The van der Waals surface area contributed by atoms with Gasteiger partial charge in [-0.05, 0) is 34.2 Å². The summed E-state index contributed by atoms with van der Waals surface area (Å²) in [5.41, 5.74) is 7.95. The maximum atomic E-state index is 6.04. The molecule has 6 heteroatoms. The predicted octanol–water partition coefficient (Wildman–Crippen LogP) is 4.53. The molecule has 2 aromatic carbocycles. The quantitative estimate of drug-likeness (QED) is 0.336. The second-order valence-corrected chi connectivity index (χ2v) is 6.58. The van der Waals surface area contributed by atoms with Crippen LogP contribution in [0.4, 0.5) is 0 Å². The molecule has 0 aliphatic carbocycles. The van der Waals surface area contributed by atoms with E-state index in [9.17, 15) is 0 Å². The topological polar surface area (TPSA) is 50.7 Å². The Morgan fingerprint density at radius 2 is 1.95 bits per heavy atom. The molecule has 0 radical (unpaired) electrons. The fraction of sp³-hybridized carbons (Fsp3) is 0.0667. The minimum atomic E-state index is 0.437. The van der Waals surface area contributed by atoms with Gasteiger partial charge in [0, 0.05) is 14.9 Å². The molecule has 0 aliphatic heterocycles. The first-order valence-electron chi connectivity index (χ1n) is 6.14. The third-order valence-electron chi connectivity index (χ3n) is 2.56. The summed E-state index contributed by atoms with van der Waals surface area (Å²) in [4.78, 5) is 0. The van der Waals surface area contributed by atoms with E-state index in [-0.39, 0.29) is 0 Å². The van der Waals surface area contributed by atoms with Gasteiger partial charge in [-0.1, -0.05) is 65.8 Å². The van der Waals surface area contributed by atoms with Gasteiger partial charge in [-0.25, -0.2) is 0 Å². The molecule has 0 aliphatic rings. The largest absolute Gasteiger partial charge is 0.377 e. The first-order chi connectivity index (χ1) is 10.2. The first kappa shape index (κ1) is 16.3. The molecule has 0 bridgehead atoms. The van der Waals surface area contributed by atoms with E-state index in [2.05, 4.69) is 44.9 Å².